The highest BCUT2D eigenvalue weighted by atomic mass is 32.2. The summed E-state index contributed by atoms with van der Waals surface area (Å²) in [5, 5.41) is 8.78. The van der Waals surface area contributed by atoms with Crippen LogP contribution in [-0.2, 0) is 19.6 Å². The Morgan fingerprint density at radius 3 is 2.70 bits per heavy atom. The van der Waals surface area contributed by atoms with E-state index in [4.69, 9.17) is 4.74 Å². The van der Waals surface area contributed by atoms with Crippen molar-refractivity contribution in [2.45, 2.75) is 36.5 Å². The molecule has 2 fully saturated rings. The zero-order chi connectivity index (χ0) is 16.4. The van der Waals surface area contributed by atoms with Gasteiger partial charge in [0, 0.05) is 19.1 Å². The molecule has 3 rings (SSSR count). The summed E-state index contributed by atoms with van der Waals surface area (Å²) in [5.74, 6) is -1.07. The number of ether oxygens (including phenoxy) is 1. The molecule has 1 aliphatic heterocycles. The molecule has 1 saturated carbocycles. The van der Waals surface area contributed by atoms with Crippen molar-refractivity contribution in [3.63, 3.8) is 0 Å². The molecule has 0 spiro atoms. The summed E-state index contributed by atoms with van der Waals surface area (Å²) >= 11 is 0. The standard InChI is InChI=1S/C16H21NO5S/c18-16(19)14(8-11-6-7-22-10-11)17-23(20,21)15-9-13(15)12-4-2-1-3-5-12/h1-5,11,13-15,17H,6-10H2,(H,18,19)/t11?,13-,14?,15+/m0/s1. The van der Waals surface area contributed by atoms with Crippen molar-refractivity contribution >= 4 is 16.0 Å². The van der Waals surface area contributed by atoms with Gasteiger partial charge in [-0.05, 0) is 30.7 Å². The third-order valence-corrected chi connectivity index (χ3v) is 6.49. The Balaban J connectivity index is 1.64. The average Bonchev–Trinajstić information content (AvgIpc) is 3.19. The van der Waals surface area contributed by atoms with E-state index in [2.05, 4.69) is 4.72 Å². The maximum atomic E-state index is 12.5. The van der Waals surface area contributed by atoms with Crippen LogP contribution in [0.4, 0.5) is 0 Å². The van der Waals surface area contributed by atoms with Crippen molar-refractivity contribution < 1.29 is 23.1 Å². The van der Waals surface area contributed by atoms with Crippen LogP contribution in [0.25, 0.3) is 0 Å². The molecule has 126 valence electrons. The van der Waals surface area contributed by atoms with Gasteiger partial charge in [-0.25, -0.2) is 13.1 Å². The second kappa shape index (κ2) is 6.59. The van der Waals surface area contributed by atoms with Crippen LogP contribution < -0.4 is 4.72 Å². The second-order valence-electron chi connectivity index (χ2n) is 6.31. The van der Waals surface area contributed by atoms with Gasteiger partial charge in [-0.3, -0.25) is 4.79 Å². The Labute approximate surface area is 135 Å². The van der Waals surface area contributed by atoms with Gasteiger partial charge in [0.05, 0.1) is 5.25 Å². The summed E-state index contributed by atoms with van der Waals surface area (Å²) < 4.78 is 32.5. The molecule has 0 amide bonds. The van der Waals surface area contributed by atoms with Crippen LogP contribution in [0.2, 0.25) is 0 Å². The molecule has 1 aromatic carbocycles. The largest absolute Gasteiger partial charge is 0.480 e. The predicted molar refractivity (Wildman–Crippen MR) is 84.6 cm³/mol. The minimum atomic E-state index is -3.64. The summed E-state index contributed by atoms with van der Waals surface area (Å²) in [5.41, 5.74) is 0.985. The van der Waals surface area contributed by atoms with Gasteiger partial charge in [0.15, 0.2) is 0 Å². The molecule has 1 saturated heterocycles. The number of carboxylic acid groups (broad SMARTS) is 1. The highest BCUT2D eigenvalue weighted by Crippen LogP contribution is 2.45. The Hall–Kier alpha value is -1.44. The smallest absolute Gasteiger partial charge is 0.321 e. The van der Waals surface area contributed by atoms with Gasteiger partial charge in [-0.2, -0.15) is 0 Å². The molecule has 7 heteroatoms. The average molecular weight is 339 g/mol. The first-order valence-corrected chi connectivity index (χ1v) is 9.38. The van der Waals surface area contributed by atoms with E-state index < -0.39 is 27.3 Å². The maximum Gasteiger partial charge on any atom is 0.321 e. The summed E-state index contributed by atoms with van der Waals surface area (Å²) in [4.78, 5) is 11.4. The molecule has 2 unspecified atom stereocenters. The molecule has 0 radical (unpaired) electrons. The number of sulfonamides is 1. The first-order chi connectivity index (χ1) is 11.0. The number of aliphatic carboxylic acids is 1. The third-order valence-electron chi connectivity index (χ3n) is 4.56. The number of carboxylic acids is 1. The molecule has 1 aliphatic carbocycles. The van der Waals surface area contributed by atoms with E-state index in [1.807, 2.05) is 30.3 Å². The van der Waals surface area contributed by atoms with E-state index in [0.29, 0.717) is 19.6 Å². The van der Waals surface area contributed by atoms with Crippen molar-refractivity contribution in [2.75, 3.05) is 13.2 Å². The quantitative estimate of drug-likeness (QED) is 0.782. The van der Waals surface area contributed by atoms with Crippen molar-refractivity contribution in [1.29, 1.82) is 0 Å². The molecule has 4 atom stereocenters. The molecule has 2 N–H and O–H groups in total. The number of nitrogens with one attached hydrogen (secondary N) is 1. The van der Waals surface area contributed by atoms with Crippen molar-refractivity contribution in [2.24, 2.45) is 5.92 Å². The van der Waals surface area contributed by atoms with Gasteiger partial charge in [-0.1, -0.05) is 30.3 Å². The van der Waals surface area contributed by atoms with Crippen LogP contribution >= 0.6 is 0 Å². The molecule has 1 heterocycles. The molecular formula is C16H21NO5S. The fourth-order valence-corrected chi connectivity index (χ4v) is 4.97. The molecule has 0 aromatic heterocycles. The van der Waals surface area contributed by atoms with E-state index in [-0.39, 0.29) is 18.3 Å². The first-order valence-electron chi connectivity index (χ1n) is 7.84. The van der Waals surface area contributed by atoms with E-state index in [1.54, 1.807) is 0 Å². The van der Waals surface area contributed by atoms with Gasteiger partial charge in [0.1, 0.15) is 6.04 Å². The zero-order valence-electron chi connectivity index (χ0n) is 12.7. The van der Waals surface area contributed by atoms with Gasteiger partial charge >= 0.3 is 5.97 Å². The number of hydrogen-bond donors (Lipinski definition) is 2. The fraction of sp³-hybridized carbons (Fsp3) is 0.562. The Morgan fingerprint density at radius 2 is 2.09 bits per heavy atom. The highest BCUT2D eigenvalue weighted by Gasteiger charge is 2.49. The SMILES string of the molecule is O=C(O)C(CC1CCOC1)NS(=O)(=O)[C@@H]1C[C@H]1c1ccccc1. The van der Waals surface area contributed by atoms with Crippen molar-refractivity contribution in [3.8, 4) is 0 Å². The zero-order valence-corrected chi connectivity index (χ0v) is 13.5. The first kappa shape index (κ1) is 16.4. The Kier molecular flexibility index (Phi) is 4.70. The Bertz CT molecular complexity index is 654. The molecule has 2 aliphatic rings. The van der Waals surface area contributed by atoms with E-state index in [0.717, 1.165) is 12.0 Å². The van der Waals surface area contributed by atoms with Crippen LogP contribution in [0.1, 0.15) is 30.7 Å². The molecule has 1 aromatic rings. The van der Waals surface area contributed by atoms with Crippen LogP contribution in [0, 0.1) is 5.92 Å². The third kappa shape index (κ3) is 3.91. The van der Waals surface area contributed by atoms with Gasteiger partial charge in [-0.15, -0.1) is 0 Å². The fourth-order valence-electron chi connectivity index (χ4n) is 3.15. The number of carbonyl (C=O) groups is 1. The highest BCUT2D eigenvalue weighted by molar-refractivity contribution is 7.90. The van der Waals surface area contributed by atoms with Crippen LogP contribution in [0.5, 0.6) is 0 Å². The van der Waals surface area contributed by atoms with E-state index in [1.165, 1.54) is 0 Å². The lowest BCUT2D eigenvalue weighted by atomic mass is 10.00. The minimum Gasteiger partial charge on any atom is -0.480 e. The topological polar surface area (TPSA) is 92.7 Å². The van der Waals surface area contributed by atoms with Gasteiger partial charge < -0.3 is 9.84 Å². The normalized spacial score (nSPS) is 28.4. The van der Waals surface area contributed by atoms with E-state index >= 15 is 0 Å². The predicted octanol–water partition coefficient (Wildman–Crippen LogP) is 1.34. The summed E-state index contributed by atoms with van der Waals surface area (Å²) in [6.07, 6.45) is 1.59. The number of benzene rings is 1. The molecular weight excluding hydrogens is 318 g/mol. The number of hydrogen-bond acceptors (Lipinski definition) is 4. The van der Waals surface area contributed by atoms with E-state index in [9.17, 15) is 18.3 Å². The summed E-state index contributed by atoms with van der Waals surface area (Å²) in [6, 6.07) is 8.38. The lowest BCUT2D eigenvalue weighted by Gasteiger charge is -2.17. The lowest BCUT2D eigenvalue weighted by Crippen LogP contribution is -2.43. The van der Waals surface area contributed by atoms with Gasteiger partial charge in [0.25, 0.3) is 0 Å². The molecule has 6 nitrogen and oxygen atoms in total. The van der Waals surface area contributed by atoms with Crippen LogP contribution in [0.3, 0.4) is 0 Å². The lowest BCUT2D eigenvalue weighted by molar-refractivity contribution is -0.139. The summed E-state index contributed by atoms with van der Waals surface area (Å²) in [7, 11) is -3.64. The van der Waals surface area contributed by atoms with Crippen molar-refractivity contribution in [3.05, 3.63) is 35.9 Å². The molecule has 23 heavy (non-hydrogen) atoms. The Morgan fingerprint density at radius 1 is 1.35 bits per heavy atom. The number of rotatable bonds is 7. The molecule has 0 bridgehead atoms. The second-order valence-corrected chi connectivity index (χ2v) is 8.24. The van der Waals surface area contributed by atoms with Crippen LogP contribution in [-0.4, -0.2) is 44.0 Å². The minimum absolute atomic E-state index is 0.0436. The summed E-state index contributed by atoms with van der Waals surface area (Å²) in [6.45, 7) is 1.12. The van der Waals surface area contributed by atoms with Gasteiger partial charge in [0.2, 0.25) is 10.0 Å². The monoisotopic (exact) mass is 339 g/mol. The van der Waals surface area contributed by atoms with Crippen molar-refractivity contribution in [1.82, 2.24) is 4.72 Å². The maximum absolute atomic E-state index is 12.5. The van der Waals surface area contributed by atoms with Crippen LogP contribution in [0.15, 0.2) is 30.3 Å².